The van der Waals surface area contributed by atoms with Crippen molar-refractivity contribution >= 4 is 0 Å². The maximum absolute atomic E-state index is 6.09. The molecule has 2 rings (SSSR count). The third-order valence-electron chi connectivity index (χ3n) is 3.26. The Balaban J connectivity index is 2.27. The van der Waals surface area contributed by atoms with Crippen LogP contribution in [0, 0.1) is 13.8 Å². The third kappa shape index (κ3) is 3.36. The molecular formula is C17H21NO. The second kappa shape index (κ2) is 5.89. The lowest BCUT2D eigenvalue weighted by atomic mass is 9.99. The minimum atomic E-state index is -0.121. The van der Waals surface area contributed by atoms with Gasteiger partial charge in [0.15, 0.2) is 0 Å². The van der Waals surface area contributed by atoms with E-state index in [2.05, 4.69) is 26.0 Å². The Kier molecular flexibility index (Phi) is 4.23. The molecule has 0 bridgehead atoms. The molecule has 2 aromatic rings. The second-order valence-corrected chi connectivity index (χ2v) is 5.07. The SMILES string of the molecule is Cc1ccc(OC(c2ccccc2C)C(C)N)cc1. The van der Waals surface area contributed by atoms with Gasteiger partial charge in [0.1, 0.15) is 11.9 Å². The predicted molar refractivity (Wildman–Crippen MR) is 79.4 cm³/mol. The number of benzene rings is 2. The number of hydrogen-bond donors (Lipinski definition) is 1. The van der Waals surface area contributed by atoms with Gasteiger partial charge in [0.05, 0.1) is 0 Å². The highest BCUT2D eigenvalue weighted by atomic mass is 16.5. The topological polar surface area (TPSA) is 35.2 Å². The lowest BCUT2D eigenvalue weighted by Gasteiger charge is -2.24. The normalized spacial score (nSPS) is 13.9. The van der Waals surface area contributed by atoms with Crippen LogP contribution in [0.2, 0.25) is 0 Å². The number of rotatable bonds is 4. The molecule has 0 aliphatic rings. The van der Waals surface area contributed by atoms with E-state index in [9.17, 15) is 0 Å². The fourth-order valence-electron chi connectivity index (χ4n) is 2.12. The number of aryl methyl sites for hydroxylation is 2. The van der Waals surface area contributed by atoms with Gasteiger partial charge >= 0.3 is 0 Å². The number of nitrogens with two attached hydrogens (primary N) is 1. The predicted octanol–water partition coefficient (Wildman–Crippen LogP) is 3.77. The van der Waals surface area contributed by atoms with Gasteiger partial charge in [-0.2, -0.15) is 0 Å². The summed E-state index contributed by atoms with van der Waals surface area (Å²) in [7, 11) is 0. The quantitative estimate of drug-likeness (QED) is 0.902. The highest BCUT2D eigenvalue weighted by molar-refractivity contribution is 5.32. The van der Waals surface area contributed by atoms with Gasteiger partial charge in [-0.05, 0) is 44.0 Å². The summed E-state index contributed by atoms with van der Waals surface area (Å²) in [6.07, 6.45) is -0.121. The molecule has 2 N–H and O–H groups in total. The zero-order chi connectivity index (χ0) is 13.8. The Labute approximate surface area is 115 Å². The molecule has 2 unspecified atom stereocenters. The van der Waals surface area contributed by atoms with E-state index >= 15 is 0 Å². The maximum atomic E-state index is 6.09. The molecule has 0 amide bonds. The minimum Gasteiger partial charge on any atom is -0.484 e. The summed E-state index contributed by atoms with van der Waals surface area (Å²) in [4.78, 5) is 0. The van der Waals surface area contributed by atoms with Crippen molar-refractivity contribution in [3.63, 3.8) is 0 Å². The number of hydrogen-bond acceptors (Lipinski definition) is 2. The lowest BCUT2D eigenvalue weighted by Crippen LogP contribution is -2.29. The van der Waals surface area contributed by atoms with Crippen LogP contribution in [-0.4, -0.2) is 6.04 Å². The smallest absolute Gasteiger partial charge is 0.139 e. The monoisotopic (exact) mass is 255 g/mol. The van der Waals surface area contributed by atoms with Crippen LogP contribution in [0.25, 0.3) is 0 Å². The molecule has 2 atom stereocenters. The van der Waals surface area contributed by atoms with Gasteiger partial charge in [0, 0.05) is 6.04 Å². The first kappa shape index (κ1) is 13.6. The van der Waals surface area contributed by atoms with Crippen LogP contribution in [0.5, 0.6) is 5.75 Å². The molecule has 0 saturated carbocycles. The van der Waals surface area contributed by atoms with Crippen molar-refractivity contribution in [2.75, 3.05) is 0 Å². The Hall–Kier alpha value is -1.80. The zero-order valence-electron chi connectivity index (χ0n) is 11.8. The molecule has 0 aliphatic carbocycles. The van der Waals surface area contributed by atoms with Gasteiger partial charge in [-0.15, -0.1) is 0 Å². The van der Waals surface area contributed by atoms with Crippen LogP contribution < -0.4 is 10.5 Å². The third-order valence-corrected chi connectivity index (χ3v) is 3.26. The first-order chi connectivity index (χ1) is 9.08. The molecule has 2 heteroatoms. The molecule has 0 spiro atoms. The molecule has 0 aliphatic heterocycles. The van der Waals surface area contributed by atoms with Gasteiger partial charge < -0.3 is 10.5 Å². The summed E-state index contributed by atoms with van der Waals surface area (Å²) in [6, 6.07) is 16.2. The molecule has 0 fully saturated rings. The van der Waals surface area contributed by atoms with Crippen molar-refractivity contribution < 1.29 is 4.74 Å². The molecule has 0 saturated heterocycles. The maximum Gasteiger partial charge on any atom is 0.139 e. The molecule has 100 valence electrons. The van der Waals surface area contributed by atoms with Crippen molar-refractivity contribution in [2.45, 2.75) is 32.9 Å². The van der Waals surface area contributed by atoms with E-state index in [0.717, 1.165) is 11.3 Å². The minimum absolute atomic E-state index is 0.0672. The second-order valence-electron chi connectivity index (χ2n) is 5.07. The van der Waals surface area contributed by atoms with Gasteiger partial charge in [-0.25, -0.2) is 0 Å². The Morgan fingerprint density at radius 2 is 1.58 bits per heavy atom. The van der Waals surface area contributed by atoms with E-state index in [-0.39, 0.29) is 12.1 Å². The summed E-state index contributed by atoms with van der Waals surface area (Å²) in [6.45, 7) is 6.13. The van der Waals surface area contributed by atoms with E-state index in [0.29, 0.717) is 0 Å². The van der Waals surface area contributed by atoms with Crippen molar-refractivity contribution in [3.8, 4) is 5.75 Å². The Bertz CT molecular complexity index is 531. The average Bonchev–Trinajstić information content (AvgIpc) is 2.39. The first-order valence-corrected chi connectivity index (χ1v) is 6.62. The zero-order valence-corrected chi connectivity index (χ0v) is 11.8. The van der Waals surface area contributed by atoms with Crippen LogP contribution in [0.4, 0.5) is 0 Å². The Morgan fingerprint density at radius 1 is 0.947 bits per heavy atom. The molecule has 0 aromatic heterocycles. The first-order valence-electron chi connectivity index (χ1n) is 6.62. The summed E-state index contributed by atoms with van der Waals surface area (Å²) >= 11 is 0. The van der Waals surface area contributed by atoms with E-state index in [1.54, 1.807) is 0 Å². The van der Waals surface area contributed by atoms with Crippen molar-refractivity contribution in [3.05, 3.63) is 65.2 Å². The van der Waals surface area contributed by atoms with E-state index < -0.39 is 0 Å². The molecule has 0 heterocycles. The van der Waals surface area contributed by atoms with Crippen LogP contribution >= 0.6 is 0 Å². The molecule has 0 radical (unpaired) electrons. The van der Waals surface area contributed by atoms with Crippen LogP contribution in [-0.2, 0) is 0 Å². The van der Waals surface area contributed by atoms with Gasteiger partial charge in [-0.1, -0.05) is 42.0 Å². The van der Waals surface area contributed by atoms with Gasteiger partial charge in [0.2, 0.25) is 0 Å². The summed E-state index contributed by atoms with van der Waals surface area (Å²) in [5, 5.41) is 0. The molecule has 19 heavy (non-hydrogen) atoms. The molecular weight excluding hydrogens is 234 g/mol. The average molecular weight is 255 g/mol. The Morgan fingerprint density at radius 3 is 2.16 bits per heavy atom. The van der Waals surface area contributed by atoms with Crippen molar-refractivity contribution in [1.29, 1.82) is 0 Å². The van der Waals surface area contributed by atoms with E-state index in [1.165, 1.54) is 11.1 Å². The van der Waals surface area contributed by atoms with Crippen LogP contribution in [0.3, 0.4) is 0 Å². The van der Waals surface area contributed by atoms with Gasteiger partial charge in [-0.3, -0.25) is 0 Å². The van der Waals surface area contributed by atoms with Crippen molar-refractivity contribution in [1.82, 2.24) is 0 Å². The van der Waals surface area contributed by atoms with Crippen LogP contribution in [0.1, 0.15) is 29.7 Å². The molecule has 2 aromatic carbocycles. The summed E-state index contributed by atoms with van der Waals surface area (Å²) in [5.41, 5.74) is 9.67. The van der Waals surface area contributed by atoms with E-state index in [4.69, 9.17) is 10.5 Å². The standard InChI is InChI=1S/C17H21NO/c1-12-8-10-15(11-9-12)19-17(14(3)18)16-7-5-4-6-13(16)2/h4-11,14,17H,18H2,1-3H3. The van der Waals surface area contributed by atoms with Crippen LogP contribution in [0.15, 0.2) is 48.5 Å². The summed E-state index contributed by atoms with van der Waals surface area (Å²) < 4.78 is 6.07. The fourth-order valence-corrected chi connectivity index (χ4v) is 2.12. The van der Waals surface area contributed by atoms with Gasteiger partial charge in [0.25, 0.3) is 0 Å². The number of ether oxygens (including phenoxy) is 1. The fraction of sp³-hybridized carbons (Fsp3) is 0.294. The van der Waals surface area contributed by atoms with E-state index in [1.807, 2.05) is 43.3 Å². The lowest BCUT2D eigenvalue weighted by molar-refractivity contribution is 0.179. The molecule has 2 nitrogen and oxygen atoms in total. The largest absolute Gasteiger partial charge is 0.484 e. The van der Waals surface area contributed by atoms with Crippen molar-refractivity contribution in [2.24, 2.45) is 5.73 Å². The summed E-state index contributed by atoms with van der Waals surface area (Å²) in [5.74, 6) is 0.858. The highest BCUT2D eigenvalue weighted by Crippen LogP contribution is 2.26. The highest BCUT2D eigenvalue weighted by Gasteiger charge is 2.19.